The molecule has 3 rings (SSSR count). The number of hydrogen-bond donors (Lipinski definition) is 1. The van der Waals surface area contributed by atoms with E-state index in [4.69, 9.17) is 4.52 Å². The summed E-state index contributed by atoms with van der Waals surface area (Å²) in [5.41, 5.74) is 0.900. The van der Waals surface area contributed by atoms with Crippen molar-refractivity contribution in [3.8, 4) is 11.4 Å². The van der Waals surface area contributed by atoms with E-state index in [9.17, 15) is 12.8 Å². The molecule has 23 heavy (non-hydrogen) atoms. The lowest BCUT2D eigenvalue weighted by Gasteiger charge is -2.05. The predicted octanol–water partition coefficient (Wildman–Crippen LogP) is 2.44. The molecule has 0 aliphatic rings. The number of imidazole rings is 1. The van der Waals surface area contributed by atoms with Gasteiger partial charge in [0.2, 0.25) is 26.7 Å². The van der Waals surface area contributed by atoms with Gasteiger partial charge in [0, 0.05) is 18.0 Å². The van der Waals surface area contributed by atoms with E-state index in [0.29, 0.717) is 11.1 Å². The Morgan fingerprint density at radius 2 is 2.13 bits per heavy atom. The number of aromatic amines is 1. The monoisotopic (exact) mass is 336 g/mol. The van der Waals surface area contributed by atoms with Crippen LogP contribution in [0.4, 0.5) is 4.39 Å². The third kappa shape index (κ3) is 2.74. The average Bonchev–Trinajstić information content (AvgIpc) is 3.20. The van der Waals surface area contributed by atoms with E-state index in [-0.39, 0.29) is 16.9 Å². The molecule has 2 aromatic heterocycles. The number of sulfone groups is 1. The second-order valence-corrected chi connectivity index (χ2v) is 7.19. The highest BCUT2D eigenvalue weighted by Gasteiger charge is 2.32. The molecule has 7 nitrogen and oxygen atoms in total. The molecule has 120 valence electrons. The number of aromatic nitrogens is 4. The fourth-order valence-electron chi connectivity index (χ4n) is 1.96. The van der Waals surface area contributed by atoms with Gasteiger partial charge in [0.1, 0.15) is 11.1 Å². The largest absolute Gasteiger partial charge is 0.338 e. The minimum Gasteiger partial charge on any atom is -0.338 e. The average molecular weight is 336 g/mol. The number of rotatable bonds is 4. The highest BCUT2D eigenvalue weighted by Crippen LogP contribution is 2.27. The number of H-pyrrole nitrogens is 1. The zero-order valence-electron chi connectivity index (χ0n) is 12.3. The van der Waals surface area contributed by atoms with Crippen molar-refractivity contribution in [1.82, 2.24) is 20.1 Å². The van der Waals surface area contributed by atoms with E-state index in [1.165, 1.54) is 25.4 Å². The summed E-state index contributed by atoms with van der Waals surface area (Å²) in [4.78, 5) is 10.3. The van der Waals surface area contributed by atoms with Gasteiger partial charge in [0.05, 0.1) is 0 Å². The van der Waals surface area contributed by atoms with Gasteiger partial charge in [-0.05, 0) is 25.5 Å². The van der Waals surface area contributed by atoms with Crippen molar-refractivity contribution in [2.45, 2.75) is 24.3 Å². The Morgan fingerprint density at radius 1 is 1.35 bits per heavy atom. The summed E-state index contributed by atoms with van der Waals surface area (Å²) in [6, 6.07) is 4.50. The molecule has 9 heteroatoms. The minimum atomic E-state index is -3.77. The summed E-state index contributed by atoms with van der Waals surface area (Å²) in [5.74, 6) is -0.358. The maximum absolute atomic E-state index is 13.6. The first-order valence-corrected chi connectivity index (χ1v) is 8.27. The van der Waals surface area contributed by atoms with Gasteiger partial charge in [-0.15, -0.1) is 0 Å². The van der Waals surface area contributed by atoms with Gasteiger partial charge in [0.15, 0.2) is 0 Å². The maximum Gasteiger partial charge on any atom is 0.245 e. The first-order valence-electron chi connectivity index (χ1n) is 6.73. The fraction of sp³-hybridized carbons (Fsp3) is 0.214. The molecule has 0 unspecified atom stereocenters. The molecule has 0 fully saturated rings. The number of nitrogens with one attached hydrogen (secondary N) is 1. The van der Waals surface area contributed by atoms with Crippen molar-refractivity contribution < 1.29 is 17.3 Å². The normalized spacial score (nSPS) is 13.2. The second-order valence-electron chi connectivity index (χ2n) is 5.00. The quantitative estimate of drug-likeness (QED) is 0.785. The van der Waals surface area contributed by atoms with Gasteiger partial charge in [-0.2, -0.15) is 4.98 Å². The molecule has 1 atom stereocenters. The first-order chi connectivity index (χ1) is 10.9. The maximum atomic E-state index is 13.6. The van der Waals surface area contributed by atoms with E-state index in [1.807, 2.05) is 0 Å². The topological polar surface area (TPSA) is 102 Å². The van der Waals surface area contributed by atoms with Crippen LogP contribution in [-0.2, 0) is 9.84 Å². The Morgan fingerprint density at radius 3 is 2.78 bits per heavy atom. The Labute approximate surface area is 131 Å². The second kappa shape index (κ2) is 5.58. The summed E-state index contributed by atoms with van der Waals surface area (Å²) in [5, 5.41) is 2.47. The van der Waals surface area contributed by atoms with E-state index < -0.39 is 20.9 Å². The van der Waals surface area contributed by atoms with Crippen LogP contribution in [0.15, 0.2) is 40.3 Å². The molecule has 0 amide bonds. The SMILES string of the molecule is Cc1ccc(-c2noc([C@H](C)S(=O)(=O)c3ncc[nH]3)n2)cc1F. The van der Waals surface area contributed by atoms with Crippen LogP contribution in [0.2, 0.25) is 0 Å². The van der Waals surface area contributed by atoms with Crippen molar-refractivity contribution in [2.75, 3.05) is 0 Å². The molecule has 1 N–H and O–H groups in total. The molecule has 1 aromatic carbocycles. The van der Waals surface area contributed by atoms with Gasteiger partial charge in [-0.1, -0.05) is 17.3 Å². The summed E-state index contributed by atoms with van der Waals surface area (Å²) < 4.78 is 43.4. The number of aryl methyl sites for hydroxylation is 1. The number of benzene rings is 1. The summed E-state index contributed by atoms with van der Waals surface area (Å²) in [6.07, 6.45) is 2.75. The molecule has 0 spiro atoms. The Kier molecular flexibility index (Phi) is 3.72. The lowest BCUT2D eigenvalue weighted by Crippen LogP contribution is -2.12. The first kappa shape index (κ1) is 15.3. The van der Waals surface area contributed by atoms with Crippen molar-refractivity contribution in [3.63, 3.8) is 0 Å². The van der Waals surface area contributed by atoms with Crippen LogP contribution < -0.4 is 0 Å². The lowest BCUT2D eigenvalue weighted by molar-refractivity contribution is 0.376. The molecule has 0 aliphatic carbocycles. The van der Waals surface area contributed by atoms with Crippen LogP contribution in [0.1, 0.15) is 23.6 Å². The third-order valence-corrected chi connectivity index (χ3v) is 5.32. The summed E-state index contributed by atoms with van der Waals surface area (Å²) in [7, 11) is -3.77. The van der Waals surface area contributed by atoms with Gasteiger partial charge in [0.25, 0.3) is 0 Å². The van der Waals surface area contributed by atoms with Crippen molar-refractivity contribution in [3.05, 3.63) is 47.9 Å². The number of halogens is 1. The molecule has 2 heterocycles. The molecule has 0 saturated carbocycles. The standard InChI is InChI=1S/C14H13FN4O3S/c1-8-3-4-10(7-11(8)15)12-18-13(22-19-12)9(2)23(20,21)14-16-5-6-17-14/h3-7,9H,1-2H3,(H,16,17)/t9-/m0/s1. The van der Waals surface area contributed by atoms with E-state index in [0.717, 1.165) is 0 Å². The molecular formula is C14H13FN4O3S. The van der Waals surface area contributed by atoms with E-state index in [1.54, 1.807) is 19.1 Å². The third-order valence-electron chi connectivity index (χ3n) is 3.43. The summed E-state index contributed by atoms with van der Waals surface area (Å²) >= 11 is 0. The molecule has 3 aromatic rings. The van der Waals surface area contributed by atoms with Crippen LogP contribution in [0.25, 0.3) is 11.4 Å². The van der Waals surface area contributed by atoms with Gasteiger partial charge in [-0.25, -0.2) is 17.8 Å². The Balaban J connectivity index is 1.94. The van der Waals surface area contributed by atoms with E-state index >= 15 is 0 Å². The highest BCUT2D eigenvalue weighted by molar-refractivity contribution is 7.91. The number of hydrogen-bond acceptors (Lipinski definition) is 6. The van der Waals surface area contributed by atoms with Gasteiger partial charge < -0.3 is 9.51 Å². The van der Waals surface area contributed by atoms with Crippen molar-refractivity contribution >= 4 is 9.84 Å². The predicted molar refractivity (Wildman–Crippen MR) is 78.6 cm³/mol. The zero-order valence-corrected chi connectivity index (χ0v) is 13.1. The Bertz CT molecular complexity index is 935. The van der Waals surface area contributed by atoms with Crippen LogP contribution >= 0.6 is 0 Å². The van der Waals surface area contributed by atoms with Gasteiger partial charge in [-0.3, -0.25) is 0 Å². The molecule has 0 aliphatic heterocycles. The van der Waals surface area contributed by atoms with Crippen LogP contribution in [0, 0.1) is 12.7 Å². The number of nitrogens with zero attached hydrogens (tertiary/aromatic N) is 3. The summed E-state index contributed by atoms with van der Waals surface area (Å²) in [6.45, 7) is 3.06. The minimum absolute atomic E-state index is 0.0858. The molecular weight excluding hydrogens is 323 g/mol. The smallest absolute Gasteiger partial charge is 0.245 e. The highest BCUT2D eigenvalue weighted by atomic mass is 32.2. The molecule has 0 saturated heterocycles. The molecule has 0 radical (unpaired) electrons. The van der Waals surface area contributed by atoms with Crippen LogP contribution in [0.3, 0.4) is 0 Å². The van der Waals surface area contributed by atoms with Crippen molar-refractivity contribution in [1.29, 1.82) is 0 Å². The molecule has 0 bridgehead atoms. The Hall–Kier alpha value is -2.55. The fourth-order valence-corrected chi connectivity index (χ4v) is 3.09. The van der Waals surface area contributed by atoms with Crippen LogP contribution in [0.5, 0.6) is 0 Å². The van der Waals surface area contributed by atoms with Gasteiger partial charge >= 0.3 is 0 Å². The lowest BCUT2D eigenvalue weighted by atomic mass is 10.1. The van der Waals surface area contributed by atoms with Crippen LogP contribution in [-0.4, -0.2) is 28.5 Å². The van der Waals surface area contributed by atoms with Crippen molar-refractivity contribution in [2.24, 2.45) is 0 Å². The van der Waals surface area contributed by atoms with E-state index in [2.05, 4.69) is 20.1 Å². The zero-order chi connectivity index (χ0) is 16.6.